The van der Waals surface area contributed by atoms with Crippen molar-refractivity contribution in [2.75, 3.05) is 4.72 Å². The van der Waals surface area contributed by atoms with E-state index < -0.39 is 10.0 Å². The number of aromatic nitrogens is 2. The van der Waals surface area contributed by atoms with Crippen LogP contribution in [0, 0.1) is 11.3 Å². The summed E-state index contributed by atoms with van der Waals surface area (Å²) < 4.78 is 25.8. The minimum atomic E-state index is -3.68. The van der Waals surface area contributed by atoms with Crippen LogP contribution in [0.25, 0.3) is 0 Å². The Hall–Kier alpha value is -1.85. The number of aromatic amines is 1. The van der Waals surface area contributed by atoms with Crippen molar-refractivity contribution in [3.05, 3.63) is 29.5 Å². The van der Waals surface area contributed by atoms with Gasteiger partial charge in [0.25, 0.3) is 10.0 Å². The highest BCUT2D eigenvalue weighted by atomic mass is 32.2. The minimum Gasteiger partial charge on any atom is -0.334 e. The lowest BCUT2D eigenvalue weighted by atomic mass is 10.4. The summed E-state index contributed by atoms with van der Waals surface area (Å²) in [7, 11) is -3.68. The van der Waals surface area contributed by atoms with Crippen LogP contribution in [0.4, 0.5) is 5.00 Å². The van der Waals surface area contributed by atoms with Gasteiger partial charge in [-0.3, -0.25) is 4.72 Å². The van der Waals surface area contributed by atoms with Gasteiger partial charge in [-0.2, -0.15) is 13.7 Å². The molecule has 82 valence electrons. The Kier molecular flexibility index (Phi) is 2.64. The van der Waals surface area contributed by atoms with Gasteiger partial charge in [-0.15, -0.1) is 11.3 Å². The van der Waals surface area contributed by atoms with E-state index in [2.05, 4.69) is 14.7 Å². The summed E-state index contributed by atoms with van der Waals surface area (Å²) >= 11 is 1.15. The van der Waals surface area contributed by atoms with E-state index in [0.717, 1.165) is 11.3 Å². The Balaban J connectivity index is 2.33. The number of hydrogen-bond acceptors (Lipinski definition) is 5. The maximum atomic E-state index is 11.7. The molecule has 16 heavy (non-hydrogen) atoms. The van der Waals surface area contributed by atoms with Crippen molar-refractivity contribution in [1.82, 2.24) is 9.97 Å². The van der Waals surface area contributed by atoms with Gasteiger partial charge in [0, 0.05) is 0 Å². The summed E-state index contributed by atoms with van der Waals surface area (Å²) in [5.41, 5.74) is 0.299. The number of H-pyrrole nitrogens is 1. The Morgan fingerprint density at radius 3 is 3.00 bits per heavy atom. The molecule has 0 spiro atoms. The van der Waals surface area contributed by atoms with E-state index in [-0.39, 0.29) is 5.03 Å². The third-order valence-electron chi connectivity index (χ3n) is 1.78. The highest BCUT2D eigenvalue weighted by molar-refractivity contribution is 7.92. The SMILES string of the molecule is N#Cc1ccsc1NS(=O)(=O)c1cnc[nH]1. The molecule has 6 nitrogen and oxygen atoms in total. The smallest absolute Gasteiger partial charge is 0.279 e. The summed E-state index contributed by atoms with van der Waals surface area (Å²) in [6.07, 6.45) is 2.47. The van der Waals surface area contributed by atoms with E-state index in [1.165, 1.54) is 12.5 Å². The molecule has 0 unspecified atom stereocenters. The van der Waals surface area contributed by atoms with Gasteiger partial charge in [0.15, 0.2) is 5.03 Å². The molecule has 0 aromatic carbocycles. The van der Waals surface area contributed by atoms with Crippen molar-refractivity contribution in [3.63, 3.8) is 0 Å². The molecule has 0 saturated heterocycles. The Morgan fingerprint density at radius 2 is 2.38 bits per heavy atom. The number of imidazole rings is 1. The molecule has 0 bridgehead atoms. The van der Waals surface area contributed by atoms with E-state index >= 15 is 0 Å². The molecule has 0 atom stereocenters. The molecule has 0 saturated carbocycles. The van der Waals surface area contributed by atoms with Crippen LogP contribution in [-0.2, 0) is 10.0 Å². The van der Waals surface area contributed by atoms with E-state index in [0.29, 0.717) is 10.6 Å². The van der Waals surface area contributed by atoms with Crippen molar-refractivity contribution in [2.45, 2.75) is 5.03 Å². The lowest BCUT2D eigenvalue weighted by molar-refractivity contribution is 0.598. The maximum Gasteiger partial charge on any atom is 0.279 e. The molecule has 0 amide bonds. The van der Waals surface area contributed by atoms with Crippen molar-refractivity contribution in [1.29, 1.82) is 5.26 Å². The second-order valence-electron chi connectivity index (χ2n) is 2.80. The molecular formula is C8H6N4O2S2. The van der Waals surface area contributed by atoms with Crippen LogP contribution < -0.4 is 4.72 Å². The minimum absolute atomic E-state index is 0.0372. The first-order valence-electron chi connectivity index (χ1n) is 4.12. The Labute approximate surface area is 95.6 Å². The van der Waals surface area contributed by atoms with Crippen LogP contribution in [0.15, 0.2) is 29.0 Å². The molecule has 2 N–H and O–H groups in total. The van der Waals surface area contributed by atoms with Crippen LogP contribution in [0.3, 0.4) is 0 Å². The van der Waals surface area contributed by atoms with Crippen LogP contribution in [-0.4, -0.2) is 18.4 Å². The summed E-state index contributed by atoms with van der Waals surface area (Å²) in [5.74, 6) is 0. The number of hydrogen-bond donors (Lipinski definition) is 2. The number of sulfonamides is 1. The van der Waals surface area contributed by atoms with Gasteiger partial charge in [0.05, 0.1) is 18.1 Å². The van der Waals surface area contributed by atoms with Gasteiger partial charge in [-0.05, 0) is 11.4 Å². The summed E-state index contributed by atoms with van der Waals surface area (Å²) in [4.78, 5) is 6.11. The molecule has 0 aliphatic carbocycles. The highest BCUT2D eigenvalue weighted by Crippen LogP contribution is 2.24. The number of nitrogens with one attached hydrogen (secondary N) is 2. The third-order valence-corrected chi connectivity index (χ3v) is 4.01. The first-order chi connectivity index (χ1) is 7.63. The zero-order valence-electron chi connectivity index (χ0n) is 7.84. The fraction of sp³-hybridized carbons (Fsp3) is 0. The number of thiophene rings is 1. The van der Waals surface area contributed by atoms with Crippen LogP contribution in [0.2, 0.25) is 0 Å². The molecule has 0 radical (unpaired) electrons. The summed E-state index contributed by atoms with van der Waals surface area (Å²) in [6, 6.07) is 3.45. The average Bonchev–Trinajstić information content (AvgIpc) is 2.86. The number of nitrogens with zero attached hydrogens (tertiary/aromatic N) is 2. The van der Waals surface area contributed by atoms with Crippen molar-refractivity contribution in [2.24, 2.45) is 0 Å². The monoisotopic (exact) mass is 254 g/mol. The second kappa shape index (κ2) is 3.96. The van der Waals surface area contributed by atoms with Gasteiger partial charge in [0.1, 0.15) is 11.1 Å². The van der Waals surface area contributed by atoms with E-state index in [4.69, 9.17) is 5.26 Å². The van der Waals surface area contributed by atoms with E-state index in [1.54, 1.807) is 11.4 Å². The molecule has 2 rings (SSSR count). The average molecular weight is 254 g/mol. The predicted molar refractivity (Wildman–Crippen MR) is 58.4 cm³/mol. The van der Waals surface area contributed by atoms with Gasteiger partial charge >= 0.3 is 0 Å². The lowest BCUT2D eigenvalue weighted by Gasteiger charge is -2.03. The fourth-order valence-electron chi connectivity index (χ4n) is 1.04. The van der Waals surface area contributed by atoms with Crippen molar-refractivity contribution < 1.29 is 8.42 Å². The predicted octanol–water partition coefficient (Wildman–Crippen LogP) is 1.14. The molecule has 2 aromatic heterocycles. The third kappa shape index (κ3) is 1.91. The largest absolute Gasteiger partial charge is 0.334 e. The summed E-state index contributed by atoms with van der Waals surface area (Å²) in [5, 5.41) is 10.6. The van der Waals surface area contributed by atoms with Crippen molar-refractivity contribution >= 4 is 26.4 Å². The molecule has 8 heteroatoms. The van der Waals surface area contributed by atoms with E-state index in [1.807, 2.05) is 6.07 Å². The Morgan fingerprint density at radius 1 is 1.56 bits per heavy atom. The quantitative estimate of drug-likeness (QED) is 0.858. The lowest BCUT2D eigenvalue weighted by Crippen LogP contribution is -2.13. The number of nitriles is 1. The van der Waals surface area contributed by atoms with Crippen molar-refractivity contribution in [3.8, 4) is 6.07 Å². The fourth-order valence-corrected chi connectivity index (χ4v) is 3.02. The number of anilines is 1. The van der Waals surface area contributed by atoms with Crippen LogP contribution in [0.1, 0.15) is 5.56 Å². The molecule has 0 fully saturated rings. The Bertz CT molecular complexity index is 621. The zero-order chi connectivity index (χ0) is 11.6. The molecule has 2 heterocycles. The zero-order valence-corrected chi connectivity index (χ0v) is 9.47. The molecule has 0 aliphatic rings. The van der Waals surface area contributed by atoms with Gasteiger partial charge in [0.2, 0.25) is 0 Å². The summed E-state index contributed by atoms with van der Waals surface area (Å²) in [6.45, 7) is 0. The van der Waals surface area contributed by atoms with E-state index in [9.17, 15) is 8.42 Å². The molecular weight excluding hydrogens is 248 g/mol. The van der Waals surface area contributed by atoms with Crippen LogP contribution >= 0.6 is 11.3 Å². The van der Waals surface area contributed by atoms with Gasteiger partial charge in [-0.1, -0.05) is 0 Å². The van der Waals surface area contributed by atoms with Gasteiger partial charge in [-0.25, -0.2) is 4.98 Å². The van der Waals surface area contributed by atoms with Gasteiger partial charge < -0.3 is 4.98 Å². The highest BCUT2D eigenvalue weighted by Gasteiger charge is 2.17. The second-order valence-corrected chi connectivity index (χ2v) is 5.36. The molecule has 0 aliphatic heterocycles. The maximum absolute atomic E-state index is 11.7. The topological polar surface area (TPSA) is 98.6 Å². The first-order valence-corrected chi connectivity index (χ1v) is 6.48. The standard InChI is InChI=1S/C8H6N4O2S2/c9-3-6-1-2-15-8(6)12-16(13,14)7-4-10-5-11-7/h1-2,4-5,12H,(H,10,11). The molecule has 2 aromatic rings. The first kappa shape index (κ1) is 10.7. The normalized spacial score (nSPS) is 10.9. The number of rotatable bonds is 3. The van der Waals surface area contributed by atoms with Crippen LogP contribution in [0.5, 0.6) is 0 Å².